The van der Waals surface area contributed by atoms with Crippen LogP contribution in [0.2, 0.25) is 0 Å². The third-order valence-corrected chi connectivity index (χ3v) is 13.5. The molecule has 0 saturated carbocycles. The zero-order chi connectivity index (χ0) is 50.4. The topological polar surface area (TPSA) is 64.1 Å². The number of phenols is 1. The first kappa shape index (κ1) is 48.1. The molecule has 10 rings (SSSR count). The van der Waals surface area contributed by atoms with Crippen molar-refractivity contribution in [3.05, 3.63) is 180 Å². The van der Waals surface area contributed by atoms with Crippen LogP contribution in [0.4, 0.5) is 0 Å². The Morgan fingerprint density at radius 1 is 0.634 bits per heavy atom. The van der Waals surface area contributed by atoms with Crippen LogP contribution in [0, 0.1) is 11.5 Å². The Balaban J connectivity index is 0.00000640. The molecule has 0 unspecified atom stereocenters. The number of fused-ring (bicyclic) bond motifs is 3. The standard InChI is InChI=1S/C65H64N3O2.Pt/c1-62(2,3)39-40-25-27-42(28-26-40)56-35-44-31-32-66-57(60(44)70-56)45-33-43-21-16-17-22-48(43)51(34-45)49-23-18-24-55-58(49)67-61(52-37-47(64(7,8)9)38-53(59(52)69)65(10,11)12)68(55)54-30-29-46(63(4,5)6)36-50(54)41-19-14-13-15-20-41;/h13-33,35-38,69H,39H2,1-12H3;/q-1;/i35D;. The van der Waals surface area contributed by atoms with E-state index in [1.54, 1.807) is 6.20 Å². The summed E-state index contributed by atoms with van der Waals surface area (Å²) in [4.78, 5) is 10.7. The Morgan fingerprint density at radius 3 is 2.01 bits per heavy atom. The van der Waals surface area contributed by atoms with E-state index in [1.165, 1.54) is 11.1 Å². The molecule has 0 fully saturated rings. The first-order valence-corrected chi connectivity index (χ1v) is 24.6. The number of aromatic nitrogens is 3. The first-order chi connectivity index (χ1) is 33.5. The molecule has 0 aliphatic carbocycles. The zero-order valence-electron chi connectivity index (χ0n) is 44.1. The van der Waals surface area contributed by atoms with Gasteiger partial charge in [0.05, 0.1) is 23.7 Å². The van der Waals surface area contributed by atoms with Gasteiger partial charge < -0.3 is 9.52 Å². The molecule has 0 bridgehead atoms. The zero-order valence-corrected chi connectivity index (χ0v) is 45.3. The van der Waals surface area contributed by atoms with E-state index in [0.29, 0.717) is 39.9 Å². The Bertz CT molecular complexity index is 3670. The molecule has 0 atom stereocenters. The van der Waals surface area contributed by atoms with Crippen LogP contribution in [-0.4, -0.2) is 19.6 Å². The van der Waals surface area contributed by atoms with Gasteiger partial charge in [0.1, 0.15) is 22.9 Å². The number of rotatable bonds is 7. The number of aromatic hydroxyl groups is 1. The van der Waals surface area contributed by atoms with Crippen molar-refractivity contribution in [3.8, 4) is 67.7 Å². The van der Waals surface area contributed by atoms with Gasteiger partial charge in [-0.25, -0.2) is 4.98 Å². The molecule has 0 spiro atoms. The van der Waals surface area contributed by atoms with Crippen LogP contribution < -0.4 is 0 Å². The van der Waals surface area contributed by atoms with Crippen molar-refractivity contribution in [1.29, 1.82) is 0 Å². The molecule has 71 heavy (non-hydrogen) atoms. The minimum atomic E-state index is -0.358. The summed E-state index contributed by atoms with van der Waals surface area (Å²) in [5.74, 6) is 1.38. The van der Waals surface area contributed by atoms with Crippen LogP contribution in [0.1, 0.15) is 107 Å². The van der Waals surface area contributed by atoms with E-state index < -0.39 is 0 Å². The largest absolute Gasteiger partial charge is 0.507 e. The summed E-state index contributed by atoms with van der Waals surface area (Å²) in [6, 6.07) is 53.0. The summed E-state index contributed by atoms with van der Waals surface area (Å²) >= 11 is 0. The number of para-hydroxylation sites is 1. The van der Waals surface area contributed by atoms with E-state index in [2.05, 4.69) is 227 Å². The second-order valence-corrected chi connectivity index (χ2v) is 23.4. The number of hydrogen-bond acceptors (Lipinski definition) is 4. The van der Waals surface area contributed by atoms with Crippen LogP contribution in [-0.2, 0) is 43.7 Å². The van der Waals surface area contributed by atoms with Gasteiger partial charge in [0.2, 0.25) is 0 Å². The van der Waals surface area contributed by atoms with Crippen LogP contribution in [0.25, 0.3) is 94.7 Å². The van der Waals surface area contributed by atoms with Gasteiger partial charge in [-0.15, -0.1) is 17.7 Å². The van der Waals surface area contributed by atoms with Crippen molar-refractivity contribution in [2.75, 3.05) is 0 Å². The van der Waals surface area contributed by atoms with Crippen LogP contribution in [0.3, 0.4) is 0 Å². The number of nitrogens with zero attached hydrogens (tertiary/aromatic N) is 3. The Labute approximate surface area is 435 Å². The van der Waals surface area contributed by atoms with Gasteiger partial charge in [-0.3, -0.25) is 9.55 Å². The van der Waals surface area contributed by atoms with Crippen LogP contribution >= 0.6 is 0 Å². The van der Waals surface area contributed by atoms with Gasteiger partial charge in [0.15, 0.2) is 0 Å². The van der Waals surface area contributed by atoms with Crippen molar-refractivity contribution < 1.29 is 32.0 Å². The van der Waals surface area contributed by atoms with Crippen LogP contribution in [0.5, 0.6) is 5.75 Å². The molecule has 0 radical (unpaired) electrons. The summed E-state index contributed by atoms with van der Waals surface area (Å²) in [6.07, 6.45) is 2.72. The molecule has 7 aromatic carbocycles. The van der Waals surface area contributed by atoms with E-state index in [4.69, 9.17) is 14.4 Å². The smallest absolute Gasteiger partial charge is 0.148 e. The molecule has 3 heterocycles. The average Bonchev–Trinajstić information content (AvgIpc) is 3.88. The fourth-order valence-corrected chi connectivity index (χ4v) is 9.77. The molecule has 0 aliphatic rings. The number of pyridine rings is 1. The van der Waals surface area contributed by atoms with Gasteiger partial charge in [-0.1, -0.05) is 208 Å². The molecule has 362 valence electrons. The maximum atomic E-state index is 12.6. The van der Waals surface area contributed by atoms with E-state index in [1.807, 2.05) is 6.07 Å². The van der Waals surface area contributed by atoms with E-state index >= 15 is 0 Å². The fraction of sp³-hybridized carbons (Fsp3) is 0.262. The molecule has 0 saturated heterocycles. The predicted octanol–water partition coefficient (Wildman–Crippen LogP) is 17.6. The monoisotopic (exact) mass is 1110 g/mol. The molecule has 10 aromatic rings. The number of imidazole rings is 1. The average molecular weight is 1120 g/mol. The van der Waals surface area contributed by atoms with Crippen molar-refractivity contribution in [2.24, 2.45) is 5.41 Å². The minimum Gasteiger partial charge on any atom is -0.507 e. The normalized spacial score (nSPS) is 12.7. The Morgan fingerprint density at radius 2 is 1.32 bits per heavy atom. The van der Waals surface area contributed by atoms with Crippen molar-refractivity contribution in [3.63, 3.8) is 0 Å². The van der Waals surface area contributed by atoms with Gasteiger partial charge >= 0.3 is 0 Å². The van der Waals surface area contributed by atoms with Crippen molar-refractivity contribution >= 4 is 32.8 Å². The van der Waals surface area contributed by atoms with E-state index in [0.717, 1.165) is 78.4 Å². The maximum absolute atomic E-state index is 12.6. The maximum Gasteiger partial charge on any atom is 0.148 e. The van der Waals surface area contributed by atoms with Crippen molar-refractivity contribution in [1.82, 2.24) is 14.5 Å². The minimum absolute atomic E-state index is 0. The number of phenolic OH excluding ortho intramolecular Hbond substituents is 1. The number of benzene rings is 7. The van der Waals surface area contributed by atoms with Gasteiger partial charge in [0, 0.05) is 55.0 Å². The quantitative estimate of drug-likeness (QED) is 0.162. The predicted molar refractivity (Wildman–Crippen MR) is 293 cm³/mol. The first-order valence-electron chi connectivity index (χ1n) is 25.1. The number of hydrogen-bond donors (Lipinski definition) is 1. The second kappa shape index (κ2) is 18.2. The van der Waals surface area contributed by atoms with Gasteiger partial charge in [-0.2, -0.15) is 0 Å². The van der Waals surface area contributed by atoms with E-state index in [-0.39, 0.29) is 48.5 Å². The molecular weight excluding hydrogens is 1050 g/mol. The fourth-order valence-electron chi connectivity index (χ4n) is 9.77. The summed E-state index contributed by atoms with van der Waals surface area (Å²) in [6.45, 7) is 26.6. The molecule has 0 amide bonds. The number of furan rings is 1. The summed E-state index contributed by atoms with van der Waals surface area (Å²) in [5, 5.41) is 15.3. The Hall–Kier alpha value is -6.55. The second-order valence-electron chi connectivity index (χ2n) is 23.4. The molecule has 1 N–H and O–H groups in total. The third-order valence-electron chi connectivity index (χ3n) is 13.5. The third kappa shape index (κ3) is 9.54. The molecule has 0 aliphatic heterocycles. The molecule has 6 heteroatoms. The SMILES string of the molecule is [2H]c1c(-c2ccc(CC(C)(C)C)cc2)oc2c(-c3[c-]c(-c4cccc5c4nc(-c4cc(C(C)(C)C)cc(C(C)(C)C)c4O)n5-c4ccc(C(C)(C)C)cc4-c4ccccc4)c4ccccc4c3)nccc12.[Pt]. The van der Waals surface area contributed by atoms with Gasteiger partial charge in [0.25, 0.3) is 0 Å². The molecule has 3 aromatic heterocycles. The van der Waals surface area contributed by atoms with E-state index in [9.17, 15) is 6.48 Å². The summed E-state index contributed by atoms with van der Waals surface area (Å²) in [5.41, 5.74) is 13.9. The van der Waals surface area contributed by atoms with Crippen molar-refractivity contribution in [2.45, 2.75) is 106 Å². The molecular formula is C65H64N3O2Pt-. The Kier molecular flexibility index (Phi) is 12.4. The summed E-state index contributed by atoms with van der Waals surface area (Å²) in [7, 11) is 0. The van der Waals surface area contributed by atoms with Crippen LogP contribution in [0.15, 0.2) is 156 Å². The molecule has 5 nitrogen and oxygen atoms in total. The van der Waals surface area contributed by atoms with Gasteiger partial charge in [-0.05, 0) is 86.7 Å². The summed E-state index contributed by atoms with van der Waals surface area (Å²) < 4.78 is 18.3.